The van der Waals surface area contributed by atoms with Crippen LogP contribution in [0.2, 0.25) is 0 Å². The van der Waals surface area contributed by atoms with Gasteiger partial charge in [-0.15, -0.1) is 11.3 Å². The summed E-state index contributed by atoms with van der Waals surface area (Å²) in [5.74, 6) is 0.320. The molecule has 1 aromatic carbocycles. The Kier molecular flexibility index (Phi) is 4.94. The monoisotopic (exact) mass is 304 g/mol. The fourth-order valence-electron chi connectivity index (χ4n) is 1.75. The maximum atomic E-state index is 12.0. The summed E-state index contributed by atoms with van der Waals surface area (Å²) in [6.07, 6.45) is 0. The van der Waals surface area contributed by atoms with E-state index in [-0.39, 0.29) is 18.4 Å². The molecule has 6 heteroatoms. The Morgan fingerprint density at radius 2 is 1.95 bits per heavy atom. The molecule has 0 saturated carbocycles. The normalized spacial score (nSPS) is 10.0. The molecule has 0 spiro atoms. The first-order chi connectivity index (χ1) is 10.1. The van der Waals surface area contributed by atoms with Crippen LogP contribution in [-0.2, 0) is 4.79 Å². The zero-order valence-electron chi connectivity index (χ0n) is 11.8. The van der Waals surface area contributed by atoms with E-state index in [1.807, 2.05) is 11.4 Å². The second kappa shape index (κ2) is 6.90. The minimum absolute atomic E-state index is 0.00274. The highest BCUT2D eigenvalue weighted by atomic mass is 32.1. The summed E-state index contributed by atoms with van der Waals surface area (Å²) < 4.78 is 5.05. The number of hydrogen-bond acceptors (Lipinski definition) is 4. The number of rotatable bonds is 5. The molecule has 1 aromatic heterocycles. The Labute approximate surface area is 127 Å². The van der Waals surface area contributed by atoms with Crippen molar-refractivity contribution in [1.82, 2.24) is 4.90 Å². The van der Waals surface area contributed by atoms with Crippen molar-refractivity contribution in [2.24, 2.45) is 0 Å². The van der Waals surface area contributed by atoms with Crippen LogP contribution in [0.25, 0.3) is 0 Å². The van der Waals surface area contributed by atoms with Crippen LogP contribution >= 0.6 is 11.3 Å². The van der Waals surface area contributed by atoms with Crippen molar-refractivity contribution >= 4 is 28.8 Å². The largest absolute Gasteiger partial charge is 0.497 e. The minimum atomic E-state index is -0.243. The van der Waals surface area contributed by atoms with E-state index in [0.29, 0.717) is 10.6 Å². The molecule has 0 aliphatic carbocycles. The lowest BCUT2D eigenvalue weighted by molar-refractivity contribution is -0.116. The first-order valence-electron chi connectivity index (χ1n) is 6.33. The van der Waals surface area contributed by atoms with Gasteiger partial charge in [0.15, 0.2) is 0 Å². The van der Waals surface area contributed by atoms with Gasteiger partial charge in [0.1, 0.15) is 5.75 Å². The molecule has 5 nitrogen and oxygen atoms in total. The highest BCUT2D eigenvalue weighted by molar-refractivity contribution is 7.12. The van der Waals surface area contributed by atoms with E-state index in [0.717, 1.165) is 5.75 Å². The molecular weight excluding hydrogens is 288 g/mol. The first kappa shape index (κ1) is 15.1. The molecule has 110 valence electrons. The van der Waals surface area contributed by atoms with E-state index in [1.54, 1.807) is 44.5 Å². The molecule has 0 radical (unpaired) electrons. The highest BCUT2D eigenvalue weighted by Crippen LogP contribution is 2.15. The maximum absolute atomic E-state index is 12.0. The van der Waals surface area contributed by atoms with Gasteiger partial charge in [-0.25, -0.2) is 0 Å². The van der Waals surface area contributed by atoms with Gasteiger partial charge in [-0.3, -0.25) is 9.59 Å². The molecule has 1 N–H and O–H groups in total. The Morgan fingerprint density at radius 3 is 2.52 bits per heavy atom. The third-order valence-corrected chi connectivity index (χ3v) is 3.69. The van der Waals surface area contributed by atoms with Gasteiger partial charge < -0.3 is 15.0 Å². The van der Waals surface area contributed by atoms with Gasteiger partial charge in [0, 0.05) is 12.7 Å². The molecule has 0 aliphatic rings. The van der Waals surface area contributed by atoms with E-state index in [1.165, 1.54) is 16.2 Å². The number of benzene rings is 1. The Balaban J connectivity index is 1.90. The van der Waals surface area contributed by atoms with E-state index in [9.17, 15) is 9.59 Å². The molecule has 0 aliphatic heterocycles. The van der Waals surface area contributed by atoms with Crippen molar-refractivity contribution in [1.29, 1.82) is 0 Å². The molecule has 0 unspecified atom stereocenters. The predicted molar refractivity (Wildman–Crippen MR) is 82.9 cm³/mol. The summed E-state index contributed by atoms with van der Waals surface area (Å²) in [7, 11) is 3.19. The quantitative estimate of drug-likeness (QED) is 0.923. The molecule has 1 heterocycles. The van der Waals surface area contributed by atoms with Crippen molar-refractivity contribution in [3.8, 4) is 5.75 Å². The van der Waals surface area contributed by atoms with Gasteiger partial charge in [-0.1, -0.05) is 6.07 Å². The van der Waals surface area contributed by atoms with Crippen LogP contribution in [0.4, 0.5) is 5.69 Å². The SMILES string of the molecule is COc1ccc(NC(=O)CN(C)C(=O)c2cccs2)cc1. The number of carbonyl (C=O) groups is 2. The number of methoxy groups -OCH3 is 1. The van der Waals surface area contributed by atoms with Crippen molar-refractivity contribution in [3.05, 3.63) is 46.7 Å². The molecular formula is C15H16N2O3S. The highest BCUT2D eigenvalue weighted by Gasteiger charge is 2.15. The number of likely N-dealkylation sites (N-methyl/N-ethyl adjacent to an activating group) is 1. The molecule has 0 atom stereocenters. The number of amides is 2. The second-order valence-corrected chi connectivity index (χ2v) is 5.36. The van der Waals surface area contributed by atoms with Gasteiger partial charge in [-0.2, -0.15) is 0 Å². The average Bonchev–Trinajstić information content (AvgIpc) is 3.01. The smallest absolute Gasteiger partial charge is 0.264 e. The van der Waals surface area contributed by atoms with Crippen LogP contribution in [0.1, 0.15) is 9.67 Å². The standard InChI is InChI=1S/C15H16N2O3S/c1-17(15(19)13-4-3-9-21-13)10-14(18)16-11-5-7-12(20-2)8-6-11/h3-9H,10H2,1-2H3,(H,16,18). The molecule has 0 fully saturated rings. The topological polar surface area (TPSA) is 58.6 Å². The first-order valence-corrected chi connectivity index (χ1v) is 7.21. The van der Waals surface area contributed by atoms with E-state index < -0.39 is 0 Å². The van der Waals surface area contributed by atoms with E-state index in [4.69, 9.17) is 4.74 Å². The van der Waals surface area contributed by atoms with Gasteiger partial charge in [-0.05, 0) is 35.7 Å². The van der Waals surface area contributed by atoms with Crippen LogP contribution in [0, 0.1) is 0 Å². The van der Waals surface area contributed by atoms with Crippen molar-refractivity contribution < 1.29 is 14.3 Å². The lowest BCUT2D eigenvalue weighted by Gasteiger charge is -2.16. The number of hydrogen-bond donors (Lipinski definition) is 1. The number of nitrogens with zero attached hydrogens (tertiary/aromatic N) is 1. The lowest BCUT2D eigenvalue weighted by atomic mass is 10.3. The Morgan fingerprint density at radius 1 is 1.24 bits per heavy atom. The maximum Gasteiger partial charge on any atom is 0.264 e. The van der Waals surface area contributed by atoms with Crippen molar-refractivity contribution in [2.75, 3.05) is 26.0 Å². The van der Waals surface area contributed by atoms with Gasteiger partial charge >= 0.3 is 0 Å². The number of nitrogens with one attached hydrogen (secondary N) is 1. The van der Waals surface area contributed by atoms with Gasteiger partial charge in [0.05, 0.1) is 18.5 Å². The van der Waals surface area contributed by atoms with Crippen LogP contribution in [0.15, 0.2) is 41.8 Å². The number of ether oxygens (including phenoxy) is 1. The summed E-state index contributed by atoms with van der Waals surface area (Å²) in [4.78, 5) is 25.9. The second-order valence-electron chi connectivity index (χ2n) is 4.42. The molecule has 0 bridgehead atoms. The van der Waals surface area contributed by atoms with Crippen LogP contribution < -0.4 is 10.1 Å². The zero-order chi connectivity index (χ0) is 15.2. The third kappa shape index (κ3) is 4.06. The molecule has 0 saturated heterocycles. The zero-order valence-corrected chi connectivity index (χ0v) is 12.6. The summed E-state index contributed by atoms with van der Waals surface area (Å²) >= 11 is 1.36. The summed E-state index contributed by atoms with van der Waals surface area (Å²) in [5.41, 5.74) is 0.665. The Hall–Kier alpha value is -2.34. The summed E-state index contributed by atoms with van der Waals surface area (Å²) in [6.45, 7) is 0.00274. The van der Waals surface area contributed by atoms with Crippen molar-refractivity contribution in [3.63, 3.8) is 0 Å². The summed E-state index contributed by atoms with van der Waals surface area (Å²) in [6, 6.07) is 10.6. The molecule has 2 amide bonds. The minimum Gasteiger partial charge on any atom is -0.497 e. The molecule has 2 aromatic rings. The lowest BCUT2D eigenvalue weighted by Crippen LogP contribution is -2.34. The third-order valence-electron chi connectivity index (χ3n) is 2.83. The van der Waals surface area contributed by atoms with E-state index in [2.05, 4.69) is 5.32 Å². The number of carbonyl (C=O) groups excluding carboxylic acids is 2. The Bertz CT molecular complexity index is 608. The van der Waals surface area contributed by atoms with Crippen molar-refractivity contribution in [2.45, 2.75) is 0 Å². The van der Waals surface area contributed by atoms with E-state index >= 15 is 0 Å². The number of anilines is 1. The molecule has 21 heavy (non-hydrogen) atoms. The van der Waals surface area contributed by atoms with Gasteiger partial charge in [0.2, 0.25) is 5.91 Å². The van der Waals surface area contributed by atoms with Gasteiger partial charge in [0.25, 0.3) is 5.91 Å². The predicted octanol–water partition coefficient (Wildman–Crippen LogP) is 2.47. The molecule has 2 rings (SSSR count). The number of thiophene rings is 1. The average molecular weight is 304 g/mol. The van der Waals surface area contributed by atoms with Crippen LogP contribution in [0.3, 0.4) is 0 Å². The fourth-order valence-corrected chi connectivity index (χ4v) is 2.47. The van der Waals surface area contributed by atoms with Crippen LogP contribution in [0.5, 0.6) is 5.75 Å². The van der Waals surface area contributed by atoms with Crippen LogP contribution in [-0.4, -0.2) is 37.4 Å². The fraction of sp³-hybridized carbons (Fsp3) is 0.200. The summed E-state index contributed by atoms with van der Waals surface area (Å²) in [5, 5.41) is 4.57.